The van der Waals surface area contributed by atoms with E-state index in [1.165, 1.54) is 6.07 Å². The molecule has 14 heavy (non-hydrogen) atoms. The fourth-order valence-electron chi connectivity index (χ4n) is 1.78. The Hall–Kier alpha value is -1.38. The van der Waals surface area contributed by atoms with Crippen molar-refractivity contribution >= 4 is 10.9 Å². The van der Waals surface area contributed by atoms with Crippen molar-refractivity contribution in [1.82, 2.24) is 10.2 Å². The van der Waals surface area contributed by atoms with E-state index in [2.05, 4.69) is 10.2 Å². The van der Waals surface area contributed by atoms with Crippen molar-refractivity contribution in [2.75, 3.05) is 0 Å². The van der Waals surface area contributed by atoms with Crippen LogP contribution in [0.15, 0.2) is 12.1 Å². The van der Waals surface area contributed by atoms with Gasteiger partial charge in [0.1, 0.15) is 5.82 Å². The molecule has 0 bridgehead atoms. The number of rotatable bonds is 1. The van der Waals surface area contributed by atoms with E-state index in [0.717, 1.165) is 22.2 Å². The molecule has 0 amide bonds. The Morgan fingerprint density at radius 3 is 2.71 bits per heavy atom. The molecule has 0 saturated heterocycles. The molecule has 1 N–H and O–H groups in total. The molecule has 2 aromatic rings. The summed E-state index contributed by atoms with van der Waals surface area (Å²) < 4.78 is 13.5. The molecule has 0 spiro atoms. The summed E-state index contributed by atoms with van der Waals surface area (Å²) in [4.78, 5) is 0. The molecule has 2 nitrogen and oxygen atoms in total. The van der Waals surface area contributed by atoms with Gasteiger partial charge in [0.05, 0.1) is 11.2 Å². The van der Waals surface area contributed by atoms with Crippen molar-refractivity contribution in [1.29, 1.82) is 0 Å². The third-order valence-corrected chi connectivity index (χ3v) is 2.49. The Balaban J connectivity index is 2.83. The average molecular weight is 192 g/mol. The summed E-state index contributed by atoms with van der Waals surface area (Å²) in [6.07, 6.45) is 0. The van der Waals surface area contributed by atoms with Gasteiger partial charge in [0.2, 0.25) is 0 Å². The molecular weight excluding hydrogens is 179 g/mol. The van der Waals surface area contributed by atoms with Gasteiger partial charge < -0.3 is 0 Å². The SMILES string of the molecule is Cc1n[nH]c2c(C(C)C)c(F)ccc12. The van der Waals surface area contributed by atoms with Crippen LogP contribution < -0.4 is 0 Å². The third kappa shape index (κ3) is 1.20. The quantitative estimate of drug-likeness (QED) is 0.738. The molecule has 0 aliphatic carbocycles. The van der Waals surface area contributed by atoms with E-state index in [1.54, 1.807) is 6.07 Å². The second kappa shape index (κ2) is 3.08. The van der Waals surface area contributed by atoms with Crippen molar-refractivity contribution < 1.29 is 4.39 Å². The van der Waals surface area contributed by atoms with Crippen LogP contribution in [0.4, 0.5) is 4.39 Å². The Kier molecular flexibility index (Phi) is 2.02. The lowest BCUT2D eigenvalue weighted by Gasteiger charge is -2.07. The van der Waals surface area contributed by atoms with Crippen LogP contribution in [-0.4, -0.2) is 10.2 Å². The fourth-order valence-corrected chi connectivity index (χ4v) is 1.78. The summed E-state index contributed by atoms with van der Waals surface area (Å²) in [7, 11) is 0. The van der Waals surface area contributed by atoms with Crippen LogP contribution >= 0.6 is 0 Å². The summed E-state index contributed by atoms with van der Waals surface area (Å²) in [5, 5.41) is 7.99. The molecule has 0 atom stereocenters. The molecule has 0 aliphatic rings. The molecule has 1 heterocycles. The lowest BCUT2D eigenvalue weighted by molar-refractivity contribution is 0.601. The van der Waals surface area contributed by atoms with Crippen molar-refractivity contribution in [3.05, 3.63) is 29.2 Å². The fraction of sp³-hybridized carbons (Fsp3) is 0.364. The van der Waals surface area contributed by atoms with E-state index in [0.29, 0.717) is 0 Å². The molecule has 3 heteroatoms. The van der Waals surface area contributed by atoms with Gasteiger partial charge in [0, 0.05) is 10.9 Å². The topological polar surface area (TPSA) is 28.7 Å². The van der Waals surface area contributed by atoms with Gasteiger partial charge >= 0.3 is 0 Å². The van der Waals surface area contributed by atoms with E-state index in [4.69, 9.17) is 0 Å². The maximum absolute atomic E-state index is 13.5. The number of halogens is 1. The number of hydrogen-bond donors (Lipinski definition) is 1. The predicted octanol–water partition coefficient (Wildman–Crippen LogP) is 3.13. The number of fused-ring (bicyclic) bond motifs is 1. The van der Waals surface area contributed by atoms with Crippen LogP contribution in [0.1, 0.15) is 31.0 Å². The molecule has 1 aromatic heterocycles. The standard InChI is InChI=1S/C11H13FN2/c1-6(2)10-9(12)5-4-8-7(3)13-14-11(8)10/h4-6H,1-3H3,(H,13,14). The molecule has 0 unspecified atom stereocenters. The zero-order valence-corrected chi connectivity index (χ0v) is 8.56. The number of benzene rings is 1. The zero-order chi connectivity index (χ0) is 10.3. The first-order chi connectivity index (χ1) is 6.61. The Bertz CT molecular complexity index is 471. The van der Waals surface area contributed by atoms with Crippen LogP contribution in [-0.2, 0) is 0 Å². The molecule has 74 valence electrons. The molecule has 0 saturated carbocycles. The minimum atomic E-state index is -0.156. The van der Waals surface area contributed by atoms with Crippen molar-refractivity contribution in [3.63, 3.8) is 0 Å². The molecule has 0 radical (unpaired) electrons. The molecule has 1 aromatic carbocycles. The highest BCUT2D eigenvalue weighted by Crippen LogP contribution is 2.27. The lowest BCUT2D eigenvalue weighted by atomic mass is 9.99. The first-order valence-electron chi connectivity index (χ1n) is 4.74. The van der Waals surface area contributed by atoms with Crippen LogP contribution in [0.5, 0.6) is 0 Å². The summed E-state index contributed by atoms with van der Waals surface area (Å²) in [5.41, 5.74) is 2.47. The minimum absolute atomic E-state index is 0.156. The normalized spacial score (nSPS) is 11.5. The van der Waals surface area contributed by atoms with E-state index in [9.17, 15) is 4.39 Å². The number of aromatic nitrogens is 2. The predicted molar refractivity (Wildman–Crippen MR) is 54.9 cm³/mol. The Labute approximate surface area is 82.1 Å². The third-order valence-electron chi connectivity index (χ3n) is 2.49. The monoisotopic (exact) mass is 192 g/mol. The van der Waals surface area contributed by atoms with Crippen LogP contribution in [0, 0.1) is 12.7 Å². The van der Waals surface area contributed by atoms with Gasteiger partial charge in [0.15, 0.2) is 0 Å². The minimum Gasteiger partial charge on any atom is -0.277 e. The van der Waals surface area contributed by atoms with Crippen LogP contribution in [0.3, 0.4) is 0 Å². The zero-order valence-electron chi connectivity index (χ0n) is 8.56. The van der Waals surface area contributed by atoms with Crippen molar-refractivity contribution in [2.45, 2.75) is 26.7 Å². The van der Waals surface area contributed by atoms with Crippen molar-refractivity contribution in [2.24, 2.45) is 0 Å². The van der Waals surface area contributed by atoms with Gasteiger partial charge in [0.25, 0.3) is 0 Å². The second-order valence-corrected chi connectivity index (χ2v) is 3.85. The maximum Gasteiger partial charge on any atom is 0.128 e. The lowest BCUT2D eigenvalue weighted by Crippen LogP contribution is -1.94. The van der Waals surface area contributed by atoms with Gasteiger partial charge in [-0.1, -0.05) is 13.8 Å². The van der Waals surface area contributed by atoms with E-state index < -0.39 is 0 Å². The Morgan fingerprint density at radius 1 is 1.36 bits per heavy atom. The van der Waals surface area contributed by atoms with E-state index in [-0.39, 0.29) is 11.7 Å². The smallest absolute Gasteiger partial charge is 0.128 e. The van der Waals surface area contributed by atoms with Gasteiger partial charge in [-0.25, -0.2) is 4.39 Å². The number of H-pyrrole nitrogens is 1. The summed E-state index contributed by atoms with van der Waals surface area (Å²) in [5.74, 6) is 0.00898. The summed E-state index contributed by atoms with van der Waals surface area (Å²) in [6, 6.07) is 3.29. The molecular formula is C11H13FN2. The number of hydrogen-bond acceptors (Lipinski definition) is 1. The Morgan fingerprint density at radius 2 is 2.07 bits per heavy atom. The molecule has 0 fully saturated rings. The highest BCUT2D eigenvalue weighted by molar-refractivity contribution is 5.84. The van der Waals surface area contributed by atoms with Crippen LogP contribution in [0.2, 0.25) is 0 Å². The van der Waals surface area contributed by atoms with Gasteiger partial charge in [-0.15, -0.1) is 0 Å². The van der Waals surface area contributed by atoms with Gasteiger partial charge in [-0.05, 0) is 25.0 Å². The highest BCUT2D eigenvalue weighted by atomic mass is 19.1. The van der Waals surface area contributed by atoms with Crippen molar-refractivity contribution in [3.8, 4) is 0 Å². The van der Waals surface area contributed by atoms with E-state index >= 15 is 0 Å². The maximum atomic E-state index is 13.5. The summed E-state index contributed by atoms with van der Waals surface area (Å²) >= 11 is 0. The highest BCUT2D eigenvalue weighted by Gasteiger charge is 2.13. The second-order valence-electron chi connectivity index (χ2n) is 3.85. The van der Waals surface area contributed by atoms with E-state index in [1.807, 2.05) is 20.8 Å². The average Bonchev–Trinajstić information content (AvgIpc) is 2.47. The first kappa shape index (κ1) is 9.19. The molecule has 2 rings (SSSR count). The van der Waals surface area contributed by atoms with Gasteiger partial charge in [-0.2, -0.15) is 5.10 Å². The molecule has 0 aliphatic heterocycles. The number of aryl methyl sites for hydroxylation is 1. The summed E-state index contributed by atoms with van der Waals surface area (Å²) in [6.45, 7) is 5.88. The number of aromatic amines is 1. The number of nitrogens with one attached hydrogen (secondary N) is 1. The van der Waals surface area contributed by atoms with Gasteiger partial charge in [-0.3, -0.25) is 5.10 Å². The van der Waals surface area contributed by atoms with Crippen LogP contribution in [0.25, 0.3) is 10.9 Å². The largest absolute Gasteiger partial charge is 0.277 e. The number of nitrogens with zero attached hydrogens (tertiary/aromatic N) is 1. The first-order valence-corrected chi connectivity index (χ1v) is 4.74.